The molecule has 8 heteroatoms. The van der Waals surface area contributed by atoms with E-state index in [0.717, 1.165) is 41.0 Å². The van der Waals surface area contributed by atoms with Crippen molar-refractivity contribution in [2.75, 3.05) is 33.9 Å². The maximum atomic E-state index is 13.0. The number of esters is 1. The molecule has 34 heavy (non-hydrogen) atoms. The minimum absolute atomic E-state index is 0.0115. The molecule has 1 atom stereocenters. The van der Waals surface area contributed by atoms with E-state index in [9.17, 15) is 9.59 Å². The van der Waals surface area contributed by atoms with E-state index in [1.807, 2.05) is 37.0 Å². The monoisotopic (exact) mass is 466 g/mol. The molecule has 8 nitrogen and oxygen atoms in total. The lowest BCUT2D eigenvalue weighted by molar-refractivity contribution is 0.0522. The summed E-state index contributed by atoms with van der Waals surface area (Å²) in [5.74, 6) is 0.148. The van der Waals surface area contributed by atoms with E-state index in [1.165, 1.54) is 0 Å². The minimum atomic E-state index is -0.590. The molecule has 1 aliphatic rings. The third-order valence-corrected chi connectivity index (χ3v) is 6.24. The molecular weight excluding hydrogens is 432 g/mol. The van der Waals surface area contributed by atoms with Crippen LogP contribution in [0.15, 0.2) is 35.3 Å². The summed E-state index contributed by atoms with van der Waals surface area (Å²) >= 11 is 0. The summed E-state index contributed by atoms with van der Waals surface area (Å²) in [5, 5.41) is 5.85. The molecule has 0 radical (unpaired) electrons. The van der Waals surface area contributed by atoms with E-state index in [4.69, 9.17) is 14.6 Å². The normalized spacial score (nSPS) is 15.3. The quantitative estimate of drug-likeness (QED) is 0.387. The molecule has 182 valence electrons. The first-order chi connectivity index (χ1) is 16.1. The Morgan fingerprint density at radius 3 is 2.71 bits per heavy atom. The fraction of sp³-hybridized carbons (Fsp3) is 0.500. The van der Waals surface area contributed by atoms with Crippen LogP contribution in [-0.2, 0) is 11.3 Å². The van der Waals surface area contributed by atoms with Crippen molar-refractivity contribution in [3.8, 4) is 17.1 Å². The van der Waals surface area contributed by atoms with Gasteiger partial charge >= 0.3 is 5.97 Å². The Morgan fingerprint density at radius 1 is 1.26 bits per heavy atom. The van der Waals surface area contributed by atoms with Gasteiger partial charge in [0.05, 0.1) is 37.2 Å². The zero-order chi connectivity index (χ0) is 24.6. The van der Waals surface area contributed by atoms with Crippen LogP contribution < -0.4 is 10.2 Å². The Hall–Kier alpha value is -3.13. The predicted octanol–water partition coefficient (Wildman–Crippen LogP) is 3.97. The summed E-state index contributed by atoms with van der Waals surface area (Å²) in [6, 6.07) is 7.43. The highest BCUT2D eigenvalue weighted by Gasteiger charge is 2.35. The van der Waals surface area contributed by atoms with Gasteiger partial charge < -0.3 is 18.9 Å². The van der Waals surface area contributed by atoms with Gasteiger partial charge in [0.1, 0.15) is 16.8 Å². The van der Waals surface area contributed by atoms with Crippen LogP contribution >= 0.6 is 0 Å². The number of fused-ring (bicyclic) bond motifs is 5. The van der Waals surface area contributed by atoms with E-state index >= 15 is 0 Å². The third-order valence-electron chi connectivity index (χ3n) is 6.24. The van der Waals surface area contributed by atoms with Crippen LogP contribution in [-0.4, -0.2) is 59.1 Å². The van der Waals surface area contributed by atoms with Crippen molar-refractivity contribution in [1.82, 2.24) is 19.2 Å². The molecule has 0 bridgehead atoms. The van der Waals surface area contributed by atoms with E-state index in [-0.39, 0.29) is 29.1 Å². The van der Waals surface area contributed by atoms with Crippen molar-refractivity contribution < 1.29 is 14.3 Å². The summed E-state index contributed by atoms with van der Waals surface area (Å²) in [6.45, 7) is 10.6. The van der Waals surface area contributed by atoms with Crippen LogP contribution in [0.2, 0.25) is 0 Å². The largest absolute Gasteiger partial charge is 0.491 e. The topological polar surface area (TPSA) is 78.6 Å². The smallest absolute Gasteiger partial charge is 0.343 e. The summed E-state index contributed by atoms with van der Waals surface area (Å²) in [6.07, 6.45) is 2.58. The van der Waals surface area contributed by atoms with Gasteiger partial charge in [-0.05, 0) is 38.9 Å². The first kappa shape index (κ1) is 24.0. The number of aromatic nitrogens is 3. The Kier molecular flexibility index (Phi) is 6.53. The molecule has 3 heterocycles. The molecule has 2 aromatic heterocycles. The van der Waals surface area contributed by atoms with Gasteiger partial charge in [0, 0.05) is 24.2 Å². The van der Waals surface area contributed by atoms with Crippen LogP contribution in [0.1, 0.15) is 50.5 Å². The summed E-state index contributed by atoms with van der Waals surface area (Å²) < 4.78 is 15.3. The van der Waals surface area contributed by atoms with Crippen LogP contribution in [0.5, 0.6) is 5.75 Å². The van der Waals surface area contributed by atoms with E-state index in [2.05, 4.69) is 30.2 Å². The van der Waals surface area contributed by atoms with Crippen molar-refractivity contribution in [2.24, 2.45) is 5.41 Å². The Morgan fingerprint density at radius 2 is 2.03 bits per heavy atom. The predicted molar refractivity (Wildman–Crippen MR) is 133 cm³/mol. The number of pyridine rings is 1. The lowest BCUT2D eigenvalue weighted by atomic mass is 9.85. The molecule has 0 saturated heterocycles. The molecule has 1 aromatic carbocycles. The van der Waals surface area contributed by atoms with Crippen molar-refractivity contribution in [2.45, 2.75) is 46.7 Å². The molecule has 1 unspecified atom stereocenters. The number of hydrogen-bond donors (Lipinski definition) is 0. The van der Waals surface area contributed by atoms with Gasteiger partial charge in [-0.15, -0.1) is 0 Å². The molecule has 0 N–H and O–H groups in total. The van der Waals surface area contributed by atoms with Crippen LogP contribution in [0.4, 0.5) is 0 Å². The van der Waals surface area contributed by atoms with Crippen molar-refractivity contribution in [3.63, 3.8) is 0 Å². The van der Waals surface area contributed by atoms with Gasteiger partial charge in [0.2, 0.25) is 0 Å². The van der Waals surface area contributed by atoms with E-state index in [0.29, 0.717) is 13.2 Å². The summed E-state index contributed by atoms with van der Waals surface area (Å²) in [7, 11) is 4.09. The average molecular weight is 467 g/mol. The Bertz CT molecular complexity index is 1270. The molecule has 0 saturated carbocycles. The second kappa shape index (κ2) is 9.25. The second-order valence-electron chi connectivity index (χ2n) is 10.1. The van der Waals surface area contributed by atoms with Crippen LogP contribution in [0, 0.1) is 5.41 Å². The SMILES string of the molecule is CCOC(=O)c1cn2c(cc1=O)-c1c3cccc(OCCCN(C)C)c3nn1CC2C(C)(C)C. The highest BCUT2D eigenvalue weighted by Crippen LogP contribution is 2.43. The first-order valence-electron chi connectivity index (χ1n) is 11.8. The lowest BCUT2D eigenvalue weighted by Gasteiger charge is -2.38. The van der Waals surface area contributed by atoms with Crippen molar-refractivity contribution in [1.29, 1.82) is 0 Å². The van der Waals surface area contributed by atoms with Gasteiger partial charge in [0.25, 0.3) is 0 Å². The molecule has 1 aliphatic heterocycles. The third kappa shape index (κ3) is 4.46. The summed E-state index contributed by atoms with van der Waals surface area (Å²) in [5.41, 5.74) is 1.96. The van der Waals surface area contributed by atoms with E-state index < -0.39 is 5.97 Å². The number of ether oxygens (including phenoxy) is 2. The van der Waals surface area contributed by atoms with Gasteiger partial charge in [0.15, 0.2) is 5.43 Å². The van der Waals surface area contributed by atoms with Gasteiger partial charge in [-0.1, -0.05) is 32.9 Å². The molecule has 0 fully saturated rings. The molecule has 4 rings (SSSR count). The van der Waals surface area contributed by atoms with Crippen molar-refractivity contribution in [3.05, 3.63) is 46.2 Å². The first-order valence-corrected chi connectivity index (χ1v) is 11.8. The molecule has 0 aliphatic carbocycles. The minimum Gasteiger partial charge on any atom is -0.491 e. The molecule has 0 amide bonds. The zero-order valence-corrected chi connectivity index (χ0v) is 20.9. The average Bonchev–Trinajstić information content (AvgIpc) is 3.14. The molecule has 3 aromatic rings. The number of nitrogens with zero attached hydrogens (tertiary/aromatic N) is 4. The lowest BCUT2D eigenvalue weighted by Crippen LogP contribution is -2.35. The van der Waals surface area contributed by atoms with Crippen LogP contribution in [0.3, 0.4) is 0 Å². The van der Waals surface area contributed by atoms with Gasteiger partial charge in [-0.3, -0.25) is 9.48 Å². The zero-order valence-electron chi connectivity index (χ0n) is 20.9. The van der Waals surface area contributed by atoms with Gasteiger partial charge in [-0.2, -0.15) is 5.10 Å². The fourth-order valence-electron chi connectivity index (χ4n) is 4.51. The number of rotatable bonds is 7. The highest BCUT2D eigenvalue weighted by molar-refractivity contribution is 5.97. The van der Waals surface area contributed by atoms with Crippen LogP contribution in [0.25, 0.3) is 22.3 Å². The number of carbonyl (C=O) groups is 1. The fourth-order valence-corrected chi connectivity index (χ4v) is 4.51. The maximum Gasteiger partial charge on any atom is 0.343 e. The second-order valence-corrected chi connectivity index (χ2v) is 10.1. The molecule has 0 spiro atoms. The Labute approximate surface area is 200 Å². The maximum absolute atomic E-state index is 13.0. The number of carbonyl (C=O) groups excluding carboxylic acids is 1. The van der Waals surface area contributed by atoms with E-state index in [1.54, 1.807) is 19.2 Å². The number of benzene rings is 1. The number of hydrogen-bond acceptors (Lipinski definition) is 6. The Balaban J connectivity index is 1.84. The highest BCUT2D eigenvalue weighted by atomic mass is 16.5. The van der Waals surface area contributed by atoms with Crippen molar-refractivity contribution >= 4 is 16.9 Å². The van der Waals surface area contributed by atoms with Gasteiger partial charge in [-0.25, -0.2) is 4.79 Å². The standard InChI is InChI=1S/C26H34N4O4/c1-7-33-25(32)18-15-29-19(14-20(18)31)24-17-10-8-11-21(34-13-9-12-28(5)6)23(17)27-30(24)16-22(29)26(2,3)4/h8,10-11,14-15,22H,7,9,12-13,16H2,1-6H3. The summed E-state index contributed by atoms with van der Waals surface area (Å²) in [4.78, 5) is 27.5. The molecular formula is C26H34N4O4.